The summed E-state index contributed by atoms with van der Waals surface area (Å²) in [4.78, 5) is 14.2. The molecule has 2 amide bonds. The Hall–Kier alpha value is -2.12. The largest absolute Gasteiger partial charge is 0.345 e. The third-order valence-corrected chi connectivity index (χ3v) is 2.63. The van der Waals surface area contributed by atoms with Crippen LogP contribution < -0.4 is 5.32 Å². The highest BCUT2D eigenvalue weighted by atomic mass is 32.1. The Morgan fingerprint density at radius 3 is 2.94 bits per heavy atom. The molecule has 0 aliphatic rings. The Balaban J connectivity index is 2.29. The summed E-state index contributed by atoms with van der Waals surface area (Å²) < 4.78 is 2.34. The number of hydrogen-bond donors (Lipinski definition) is 3. The van der Waals surface area contributed by atoms with Crippen molar-refractivity contribution in [2.24, 2.45) is 0 Å². The standard InChI is InChI=1S/C11H12N4O2S/c1-14(17)10(16)13-8-3-2-4-9(7-8)15-6-5-12-11(15)18/h2-7,17H,1H3,(H,12,18)(H,13,16). The van der Waals surface area contributed by atoms with Gasteiger partial charge in [-0.1, -0.05) is 6.07 Å². The number of carbonyl (C=O) groups is 1. The van der Waals surface area contributed by atoms with Gasteiger partial charge in [0.15, 0.2) is 4.77 Å². The Morgan fingerprint density at radius 2 is 2.33 bits per heavy atom. The molecule has 7 heteroatoms. The number of benzene rings is 1. The molecular formula is C11H12N4O2S. The van der Waals surface area contributed by atoms with E-state index in [9.17, 15) is 4.79 Å². The summed E-state index contributed by atoms with van der Waals surface area (Å²) >= 11 is 5.11. The normalized spacial score (nSPS) is 10.1. The summed E-state index contributed by atoms with van der Waals surface area (Å²) in [5.41, 5.74) is 1.39. The van der Waals surface area contributed by atoms with E-state index in [1.54, 1.807) is 35.2 Å². The number of urea groups is 1. The molecule has 1 aromatic heterocycles. The van der Waals surface area contributed by atoms with Crippen molar-refractivity contribution in [3.8, 4) is 5.69 Å². The fraction of sp³-hybridized carbons (Fsp3) is 0.0909. The minimum atomic E-state index is -0.607. The van der Waals surface area contributed by atoms with E-state index in [1.165, 1.54) is 7.05 Å². The maximum absolute atomic E-state index is 11.3. The molecule has 0 bridgehead atoms. The summed E-state index contributed by atoms with van der Waals surface area (Å²) in [6, 6.07) is 6.52. The lowest BCUT2D eigenvalue weighted by atomic mass is 10.3. The van der Waals surface area contributed by atoms with E-state index in [0.717, 1.165) is 5.69 Å². The van der Waals surface area contributed by atoms with Gasteiger partial charge >= 0.3 is 6.03 Å². The van der Waals surface area contributed by atoms with Gasteiger partial charge in [-0.3, -0.25) is 9.77 Å². The minimum Gasteiger partial charge on any atom is -0.337 e. The summed E-state index contributed by atoms with van der Waals surface area (Å²) in [5.74, 6) is 0. The lowest BCUT2D eigenvalue weighted by Crippen LogP contribution is -2.27. The Morgan fingerprint density at radius 1 is 1.56 bits per heavy atom. The summed E-state index contributed by atoms with van der Waals surface area (Å²) in [7, 11) is 1.25. The molecule has 0 saturated carbocycles. The van der Waals surface area contributed by atoms with Crippen LogP contribution in [0.3, 0.4) is 0 Å². The van der Waals surface area contributed by atoms with Gasteiger partial charge in [0, 0.05) is 30.8 Å². The number of hydrogen-bond acceptors (Lipinski definition) is 3. The van der Waals surface area contributed by atoms with E-state index in [4.69, 9.17) is 17.4 Å². The van der Waals surface area contributed by atoms with Crippen LogP contribution in [0.2, 0.25) is 0 Å². The third-order valence-electron chi connectivity index (χ3n) is 2.32. The molecule has 2 aromatic rings. The SMILES string of the molecule is CN(O)C(=O)Nc1cccc(-n2cc[nH]c2=S)c1. The lowest BCUT2D eigenvalue weighted by molar-refractivity contribution is -0.0118. The summed E-state index contributed by atoms with van der Waals surface area (Å²) in [6.07, 6.45) is 3.52. The zero-order chi connectivity index (χ0) is 13.1. The van der Waals surface area contributed by atoms with Gasteiger partial charge in [-0.05, 0) is 30.4 Å². The first kappa shape index (κ1) is 12.3. The molecule has 0 spiro atoms. The van der Waals surface area contributed by atoms with Crippen LogP contribution in [0, 0.1) is 4.77 Å². The predicted molar refractivity (Wildman–Crippen MR) is 69.5 cm³/mol. The topological polar surface area (TPSA) is 73.3 Å². The van der Waals surface area contributed by atoms with Crippen LogP contribution >= 0.6 is 12.2 Å². The third kappa shape index (κ3) is 2.58. The molecule has 1 aromatic carbocycles. The number of aromatic nitrogens is 2. The van der Waals surface area contributed by atoms with Crippen LogP contribution in [0.5, 0.6) is 0 Å². The van der Waals surface area contributed by atoms with Gasteiger partial charge in [0.25, 0.3) is 0 Å². The number of nitrogens with one attached hydrogen (secondary N) is 2. The fourth-order valence-corrected chi connectivity index (χ4v) is 1.70. The van der Waals surface area contributed by atoms with Crippen molar-refractivity contribution in [2.45, 2.75) is 0 Å². The number of hydroxylamine groups is 2. The van der Waals surface area contributed by atoms with E-state index < -0.39 is 6.03 Å². The smallest absolute Gasteiger partial charge is 0.337 e. The first-order valence-corrected chi connectivity index (χ1v) is 5.59. The van der Waals surface area contributed by atoms with Crippen molar-refractivity contribution in [2.75, 3.05) is 12.4 Å². The Bertz CT molecular complexity index is 617. The quantitative estimate of drug-likeness (QED) is 0.443. The molecule has 18 heavy (non-hydrogen) atoms. The number of amides is 2. The maximum atomic E-state index is 11.3. The molecule has 3 N–H and O–H groups in total. The number of carbonyl (C=O) groups excluding carboxylic acids is 1. The second-order valence-corrected chi connectivity index (χ2v) is 4.03. The zero-order valence-electron chi connectivity index (χ0n) is 9.62. The van der Waals surface area contributed by atoms with Crippen LogP contribution in [0.25, 0.3) is 5.69 Å². The van der Waals surface area contributed by atoms with Crippen LogP contribution in [-0.2, 0) is 0 Å². The van der Waals surface area contributed by atoms with Gasteiger partial charge in [-0.15, -0.1) is 0 Å². The second-order valence-electron chi connectivity index (χ2n) is 3.64. The molecule has 1 heterocycles. The second kappa shape index (κ2) is 5.03. The van der Waals surface area contributed by atoms with Crippen molar-refractivity contribution in [3.05, 3.63) is 41.4 Å². The Labute approximate surface area is 108 Å². The molecule has 0 aliphatic heterocycles. The minimum absolute atomic E-state index is 0.481. The monoisotopic (exact) mass is 264 g/mol. The van der Waals surface area contributed by atoms with E-state index in [-0.39, 0.29) is 0 Å². The van der Waals surface area contributed by atoms with Crippen molar-refractivity contribution < 1.29 is 10.0 Å². The number of imidazole rings is 1. The molecule has 94 valence electrons. The molecule has 0 aliphatic carbocycles. The summed E-state index contributed by atoms with van der Waals surface area (Å²) in [6.45, 7) is 0. The average Bonchev–Trinajstić information content (AvgIpc) is 2.75. The Kier molecular flexibility index (Phi) is 3.45. The van der Waals surface area contributed by atoms with Gasteiger partial charge in [0.2, 0.25) is 0 Å². The molecule has 2 rings (SSSR count). The van der Waals surface area contributed by atoms with Gasteiger partial charge in [-0.2, -0.15) is 0 Å². The van der Waals surface area contributed by atoms with Crippen molar-refractivity contribution in [1.82, 2.24) is 14.6 Å². The van der Waals surface area contributed by atoms with E-state index in [0.29, 0.717) is 15.5 Å². The highest BCUT2D eigenvalue weighted by molar-refractivity contribution is 7.71. The molecule has 0 atom stereocenters. The molecule has 0 unspecified atom stereocenters. The first-order valence-electron chi connectivity index (χ1n) is 5.18. The first-order chi connectivity index (χ1) is 8.58. The van der Waals surface area contributed by atoms with Gasteiger partial charge in [0.1, 0.15) is 0 Å². The lowest BCUT2D eigenvalue weighted by Gasteiger charge is -2.11. The molecule has 0 fully saturated rings. The number of rotatable bonds is 2. The number of aromatic amines is 1. The predicted octanol–water partition coefficient (Wildman–Crippen LogP) is 2.39. The van der Waals surface area contributed by atoms with Crippen LogP contribution in [0.15, 0.2) is 36.7 Å². The van der Waals surface area contributed by atoms with E-state index in [1.807, 2.05) is 6.07 Å². The zero-order valence-corrected chi connectivity index (χ0v) is 10.4. The van der Waals surface area contributed by atoms with E-state index in [2.05, 4.69) is 10.3 Å². The maximum Gasteiger partial charge on any atom is 0.345 e. The highest BCUT2D eigenvalue weighted by Crippen LogP contribution is 2.15. The van der Waals surface area contributed by atoms with Gasteiger partial charge < -0.3 is 10.3 Å². The molecule has 0 saturated heterocycles. The number of nitrogens with zero attached hydrogens (tertiary/aromatic N) is 2. The molecule has 0 radical (unpaired) electrons. The summed E-state index contributed by atoms with van der Waals surface area (Å²) in [5, 5.41) is 12.0. The van der Waals surface area contributed by atoms with Crippen LogP contribution in [0.4, 0.5) is 10.5 Å². The molecule has 6 nitrogen and oxygen atoms in total. The van der Waals surface area contributed by atoms with Crippen LogP contribution in [-0.4, -0.2) is 32.9 Å². The molecular weight excluding hydrogens is 252 g/mol. The van der Waals surface area contributed by atoms with Crippen molar-refractivity contribution >= 4 is 23.9 Å². The van der Waals surface area contributed by atoms with Gasteiger partial charge in [0.05, 0.1) is 0 Å². The van der Waals surface area contributed by atoms with Crippen molar-refractivity contribution in [1.29, 1.82) is 0 Å². The highest BCUT2D eigenvalue weighted by Gasteiger charge is 2.06. The fourth-order valence-electron chi connectivity index (χ4n) is 1.46. The van der Waals surface area contributed by atoms with Gasteiger partial charge in [-0.25, -0.2) is 9.86 Å². The number of H-pyrrole nitrogens is 1. The van der Waals surface area contributed by atoms with E-state index >= 15 is 0 Å². The van der Waals surface area contributed by atoms with Crippen molar-refractivity contribution in [3.63, 3.8) is 0 Å². The van der Waals surface area contributed by atoms with Crippen LogP contribution in [0.1, 0.15) is 0 Å². The number of anilines is 1. The average molecular weight is 264 g/mol.